The number of rotatable bonds is 4. The molecule has 6 nitrogen and oxygen atoms in total. The molecule has 0 saturated carbocycles. The van der Waals surface area contributed by atoms with E-state index >= 15 is 0 Å². The maximum Gasteiger partial charge on any atom is 0.248 e. The third-order valence-corrected chi connectivity index (χ3v) is 6.18. The highest BCUT2D eigenvalue weighted by atomic mass is 32.1. The largest absolute Gasteiger partial charge is 0.464 e. The molecule has 1 aromatic carbocycles. The zero-order valence-corrected chi connectivity index (χ0v) is 17.2. The lowest BCUT2D eigenvalue weighted by Crippen LogP contribution is -2.32. The van der Waals surface area contributed by atoms with Crippen molar-refractivity contribution in [1.29, 1.82) is 0 Å². The van der Waals surface area contributed by atoms with Crippen LogP contribution in [0.15, 0.2) is 44.1 Å². The molecule has 29 heavy (non-hydrogen) atoms. The van der Waals surface area contributed by atoms with Gasteiger partial charge in [-0.25, -0.2) is 0 Å². The fourth-order valence-electron chi connectivity index (χ4n) is 4.22. The number of thiophene rings is 1. The van der Waals surface area contributed by atoms with Gasteiger partial charge in [-0.15, -0.1) is 10.2 Å². The molecule has 1 aliphatic heterocycles. The number of aromatic nitrogens is 2. The first-order chi connectivity index (χ1) is 14.1. The number of nitrogens with zero attached hydrogens (tertiary/aromatic N) is 3. The molecule has 1 amide bonds. The van der Waals surface area contributed by atoms with Gasteiger partial charge in [0.15, 0.2) is 0 Å². The monoisotopic (exact) mass is 407 g/mol. The van der Waals surface area contributed by atoms with Gasteiger partial charge in [0, 0.05) is 28.4 Å². The van der Waals surface area contributed by atoms with E-state index in [1.807, 2.05) is 34.7 Å². The number of carbonyl (C=O) groups is 1. The Morgan fingerprint density at radius 2 is 2.21 bits per heavy atom. The Morgan fingerprint density at radius 1 is 1.31 bits per heavy atom. The van der Waals surface area contributed by atoms with Crippen molar-refractivity contribution in [2.75, 3.05) is 6.54 Å². The summed E-state index contributed by atoms with van der Waals surface area (Å²) in [5, 5.41) is 13.4. The van der Waals surface area contributed by atoms with Gasteiger partial charge in [-0.05, 0) is 55.3 Å². The second-order valence-corrected chi connectivity index (χ2v) is 8.38. The van der Waals surface area contributed by atoms with Crippen LogP contribution in [0.1, 0.15) is 41.5 Å². The van der Waals surface area contributed by atoms with Crippen molar-refractivity contribution in [2.45, 2.75) is 39.2 Å². The molecule has 4 heterocycles. The highest BCUT2D eigenvalue weighted by Gasteiger charge is 2.34. The van der Waals surface area contributed by atoms with Gasteiger partial charge in [0.1, 0.15) is 11.6 Å². The molecule has 148 valence electrons. The molecule has 7 heteroatoms. The van der Waals surface area contributed by atoms with Crippen LogP contribution in [0.25, 0.3) is 22.4 Å². The van der Waals surface area contributed by atoms with Crippen LogP contribution < -0.4 is 0 Å². The molecule has 1 fully saturated rings. The molecule has 4 aromatic rings. The van der Waals surface area contributed by atoms with Gasteiger partial charge >= 0.3 is 0 Å². The lowest BCUT2D eigenvalue weighted by atomic mass is 10.0. The van der Waals surface area contributed by atoms with Crippen LogP contribution in [0, 0.1) is 13.8 Å². The predicted octanol–water partition coefficient (Wildman–Crippen LogP) is 5.07. The summed E-state index contributed by atoms with van der Waals surface area (Å²) in [6.45, 7) is 4.80. The smallest absolute Gasteiger partial charge is 0.248 e. The number of hydrogen-bond acceptors (Lipinski definition) is 6. The molecule has 5 rings (SSSR count). The highest BCUT2D eigenvalue weighted by molar-refractivity contribution is 7.08. The average molecular weight is 407 g/mol. The first kappa shape index (κ1) is 18.1. The molecule has 0 radical (unpaired) electrons. The van der Waals surface area contributed by atoms with E-state index < -0.39 is 0 Å². The van der Waals surface area contributed by atoms with E-state index in [0.717, 1.165) is 46.1 Å². The Hall–Kier alpha value is -2.93. The zero-order chi connectivity index (χ0) is 20.0. The highest BCUT2D eigenvalue weighted by Crippen LogP contribution is 2.34. The van der Waals surface area contributed by atoms with Crippen LogP contribution in [0.2, 0.25) is 0 Å². The maximum absolute atomic E-state index is 13.1. The molecule has 0 aliphatic carbocycles. The minimum Gasteiger partial charge on any atom is -0.464 e. The van der Waals surface area contributed by atoms with E-state index in [9.17, 15) is 4.79 Å². The van der Waals surface area contributed by atoms with Crippen LogP contribution in [-0.4, -0.2) is 27.5 Å². The topological polar surface area (TPSA) is 72.4 Å². The fraction of sp³-hybridized carbons (Fsp3) is 0.318. The quantitative estimate of drug-likeness (QED) is 0.472. The second kappa shape index (κ2) is 7.15. The van der Waals surface area contributed by atoms with Crippen molar-refractivity contribution >= 4 is 28.2 Å². The first-order valence-corrected chi connectivity index (χ1v) is 10.7. The maximum atomic E-state index is 13.1. The SMILES string of the molecule is Cc1cc(C)c2c(CC(=O)N3CCCC3c3nnc(-c4ccsc4)o3)coc2c1. The zero-order valence-electron chi connectivity index (χ0n) is 16.3. The van der Waals surface area contributed by atoms with Crippen LogP contribution in [0.4, 0.5) is 0 Å². The normalized spacial score (nSPS) is 16.8. The van der Waals surface area contributed by atoms with Gasteiger partial charge in [0.2, 0.25) is 17.7 Å². The number of carbonyl (C=O) groups excluding carboxylic acids is 1. The average Bonchev–Trinajstić information content (AvgIpc) is 3.46. The minimum absolute atomic E-state index is 0.0606. The van der Waals surface area contributed by atoms with Crippen LogP contribution in [0.5, 0.6) is 0 Å². The summed E-state index contributed by atoms with van der Waals surface area (Å²) < 4.78 is 11.6. The molecule has 0 N–H and O–H groups in total. The number of benzene rings is 1. The Kier molecular flexibility index (Phi) is 4.47. The molecule has 1 saturated heterocycles. The minimum atomic E-state index is -0.163. The van der Waals surface area contributed by atoms with Crippen LogP contribution in [0.3, 0.4) is 0 Å². The van der Waals surface area contributed by atoms with Crippen molar-refractivity contribution in [3.05, 3.63) is 57.8 Å². The van der Waals surface area contributed by atoms with E-state index in [2.05, 4.69) is 23.2 Å². The summed E-state index contributed by atoms with van der Waals surface area (Å²) in [7, 11) is 0. The van der Waals surface area contributed by atoms with Gasteiger partial charge in [-0.1, -0.05) is 6.07 Å². The number of aryl methyl sites for hydroxylation is 2. The number of likely N-dealkylation sites (tertiary alicyclic amines) is 1. The van der Waals surface area contributed by atoms with Crippen molar-refractivity contribution in [3.8, 4) is 11.5 Å². The number of amides is 1. The standard InChI is InChI=1S/C22H21N3O3S/c1-13-8-14(2)20-16(11-27-18(20)9-13)10-19(26)25-6-3-4-17(25)22-24-23-21(28-22)15-5-7-29-12-15/h5,7-9,11-12,17H,3-4,6,10H2,1-2H3. The second-order valence-electron chi connectivity index (χ2n) is 7.60. The summed E-state index contributed by atoms with van der Waals surface area (Å²) in [6.07, 6.45) is 3.78. The third-order valence-electron chi connectivity index (χ3n) is 5.50. The van der Waals surface area contributed by atoms with Gasteiger partial charge in [0.25, 0.3) is 0 Å². The fourth-order valence-corrected chi connectivity index (χ4v) is 4.84. The molecule has 3 aromatic heterocycles. The Balaban J connectivity index is 1.38. The van der Waals surface area contributed by atoms with Gasteiger partial charge in [-0.2, -0.15) is 11.3 Å². The number of hydrogen-bond donors (Lipinski definition) is 0. The van der Waals surface area contributed by atoms with Crippen molar-refractivity contribution in [2.24, 2.45) is 0 Å². The summed E-state index contributed by atoms with van der Waals surface area (Å²) in [5.41, 5.74) is 4.96. The van der Waals surface area contributed by atoms with E-state index in [0.29, 0.717) is 24.7 Å². The number of furan rings is 1. The van der Waals surface area contributed by atoms with Crippen molar-refractivity contribution < 1.29 is 13.6 Å². The van der Waals surface area contributed by atoms with Crippen LogP contribution >= 0.6 is 11.3 Å². The van der Waals surface area contributed by atoms with Gasteiger partial charge in [-0.3, -0.25) is 4.79 Å². The Labute approximate surface area is 172 Å². The van der Waals surface area contributed by atoms with E-state index in [1.165, 1.54) is 0 Å². The van der Waals surface area contributed by atoms with E-state index in [4.69, 9.17) is 8.83 Å². The van der Waals surface area contributed by atoms with Crippen molar-refractivity contribution in [3.63, 3.8) is 0 Å². The molecular weight excluding hydrogens is 386 g/mol. The third kappa shape index (κ3) is 3.25. The van der Waals surface area contributed by atoms with Gasteiger partial charge in [0.05, 0.1) is 12.7 Å². The van der Waals surface area contributed by atoms with Crippen LogP contribution in [-0.2, 0) is 11.2 Å². The van der Waals surface area contributed by atoms with E-state index in [1.54, 1.807) is 17.6 Å². The van der Waals surface area contributed by atoms with Crippen molar-refractivity contribution in [1.82, 2.24) is 15.1 Å². The Bertz CT molecular complexity index is 1180. The molecule has 0 spiro atoms. The molecular formula is C22H21N3O3S. The molecule has 1 unspecified atom stereocenters. The van der Waals surface area contributed by atoms with Gasteiger partial charge < -0.3 is 13.7 Å². The number of fused-ring (bicyclic) bond motifs is 1. The lowest BCUT2D eigenvalue weighted by Gasteiger charge is -2.21. The summed E-state index contributed by atoms with van der Waals surface area (Å²) in [6, 6.07) is 5.92. The first-order valence-electron chi connectivity index (χ1n) is 9.73. The Morgan fingerprint density at radius 3 is 3.03 bits per heavy atom. The summed E-state index contributed by atoms with van der Waals surface area (Å²) in [5.74, 6) is 1.08. The molecule has 1 aliphatic rings. The molecule has 0 bridgehead atoms. The molecule has 1 atom stereocenters. The summed E-state index contributed by atoms with van der Waals surface area (Å²) >= 11 is 1.59. The predicted molar refractivity (Wildman–Crippen MR) is 111 cm³/mol. The van der Waals surface area contributed by atoms with E-state index in [-0.39, 0.29) is 11.9 Å². The summed E-state index contributed by atoms with van der Waals surface area (Å²) in [4.78, 5) is 15.0. The lowest BCUT2D eigenvalue weighted by molar-refractivity contribution is -0.131.